The third kappa shape index (κ3) is 3.04. The summed E-state index contributed by atoms with van der Waals surface area (Å²) in [5.41, 5.74) is 5.63. The Labute approximate surface area is 110 Å². The lowest BCUT2D eigenvalue weighted by Crippen LogP contribution is -2.52. The first-order valence-corrected chi connectivity index (χ1v) is 7.36. The molecule has 2 aliphatic rings. The first kappa shape index (κ1) is 13.8. The second-order valence-electron chi connectivity index (χ2n) is 6.10. The van der Waals surface area contributed by atoms with Gasteiger partial charge in [-0.2, -0.15) is 0 Å². The fourth-order valence-electron chi connectivity index (χ4n) is 3.24. The second-order valence-corrected chi connectivity index (χ2v) is 6.10. The lowest BCUT2D eigenvalue weighted by atomic mass is 9.73. The lowest BCUT2D eigenvalue weighted by Gasteiger charge is -2.37. The number of amides is 1. The molecule has 1 saturated carbocycles. The molecule has 3 N–H and O–H groups in total. The second kappa shape index (κ2) is 6.02. The van der Waals surface area contributed by atoms with Crippen molar-refractivity contribution in [2.45, 2.75) is 51.0 Å². The van der Waals surface area contributed by atoms with Gasteiger partial charge in [0.2, 0.25) is 5.91 Å². The molecular formula is C14H27N3O. The van der Waals surface area contributed by atoms with Gasteiger partial charge in [0.15, 0.2) is 0 Å². The molecule has 0 bridgehead atoms. The number of hydrogen-bond donors (Lipinski definition) is 2. The first-order chi connectivity index (χ1) is 8.66. The Hall–Kier alpha value is -0.610. The zero-order valence-electron chi connectivity index (χ0n) is 11.6. The van der Waals surface area contributed by atoms with E-state index in [1.807, 2.05) is 0 Å². The fraction of sp³-hybridized carbons (Fsp3) is 0.929. The van der Waals surface area contributed by atoms with Crippen LogP contribution in [0.4, 0.5) is 0 Å². The molecule has 0 atom stereocenters. The zero-order chi connectivity index (χ0) is 13.0. The van der Waals surface area contributed by atoms with Gasteiger partial charge in [0, 0.05) is 12.6 Å². The van der Waals surface area contributed by atoms with Crippen molar-refractivity contribution in [3.05, 3.63) is 0 Å². The number of carbonyl (C=O) groups excluding carboxylic acids is 1. The number of piperidine rings is 1. The molecule has 0 aromatic carbocycles. The molecule has 0 spiro atoms. The predicted octanol–water partition coefficient (Wildman–Crippen LogP) is 1.11. The summed E-state index contributed by atoms with van der Waals surface area (Å²) in [7, 11) is 2.14. The van der Waals surface area contributed by atoms with Gasteiger partial charge in [-0.1, -0.05) is 19.3 Å². The minimum Gasteiger partial charge on any atom is -0.353 e. The summed E-state index contributed by atoms with van der Waals surface area (Å²) < 4.78 is 0. The lowest BCUT2D eigenvalue weighted by molar-refractivity contribution is -0.133. The van der Waals surface area contributed by atoms with Crippen molar-refractivity contribution in [2.24, 2.45) is 11.1 Å². The van der Waals surface area contributed by atoms with Crippen molar-refractivity contribution in [3.8, 4) is 0 Å². The molecule has 2 fully saturated rings. The van der Waals surface area contributed by atoms with E-state index < -0.39 is 0 Å². The Kier molecular flexibility index (Phi) is 4.62. The van der Waals surface area contributed by atoms with Crippen LogP contribution in [0.1, 0.15) is 44.9 Å². The van der Waals surface area contributed by atoms with E-state index in [0.717, 1.165) is 51.6 Å². The van der Waals surface area contributed by atoms with Crippen molar-refractivity contribution < 1.29 is 4.79 Å². The Morgan fingerprint density at radius 3 is 2.44 bits per heavy atom. The highest BCUT2D eigenvalue weighted by Crippen LogP contribution is 2.35. The van der Waals surface area contributed by atoms with Crippen LogP contribution in [-0.4, -0.2) is 43.5 Å². The standard InChI is InChI=1S/C14H27N3O/c1-17-9-5-12(6-10-17)16-13(18)14(11-15)7-3-2-4-8-14/h12H,2-11,15H2,1H3,(H,16,18). The molecule has 0 unspecified atom stereocenters. The minimum absolute atomic E-state index is 0.222. The van der Waals surface area contributed by atoms with Gasteiger partial charge in [0.05, 0.1) is 5.41 Å². The summed E-state index contributed by atoms with van der Waals surface area (Å²) >= 11 is 0. The van der Waals surface area contributed by atoms with Crippen LogP contribution in [0, 0.1) is 5.41 Å². The van der Waals surface area contributed by atoms with Crippen LogP contribution < -0.4 is 11.1 Å². The van der Waals surface area contributed by atoms with Gasteiger partial charge in [0.25, 0.3) is 0 Å². The minimum atomic E-state index is -0.262. The van der Waals surface area contributed by atoms with Crippen molar-refractivity contribution >= 4 is 5.91 Å². The predicted molar refractivity (Wildman–Crippen MR) is 73.2 cm³/mol. The molecule has 18 heavy (non-hydrogen) atoms. The monoisotopic (exact) mass is 253 g/mol. The van der Waals surface area contributed by atoms with Crippen LogP contribution in [0.3, 0.4) is 0 Å². The molecular weight excluding hydrogens is 226 g/mol. The average Bonchev–Trinajstić information content (AvgIpc) is 2.42. The molecule has 1 amide bonds. The number of nitrogens with one attached hydrogen (secondary N) is 1. The number of nitrogens with two attached hydrogens (primary N) is 1. The molecule has 2 rings (SSSR count). The zero-order valence-corrected chi connectivity index (χ0v) is 11.6. The van der Waals surface area contributed by atoms with E-state index in [-0.39, 0.29) is 11.3 Å². The van der Waals surface area contributed by atoms with Crippen molar-refractivity contribution in [3.63, 3.8) is 0 Å². The van der Waals surface area contributed by atoms with E-state index in [0.29, 0.717) is 12.6 Å². The van der Waals surface area contributed by atoms with Crippen molar-refractivity contribution in [2.75, 3.05) is 26.7 Å². The van der Waals surface area contributed by atoms with Crippen molar-refractivity contribution in [1.82, 2.24) is 10.2 Å². The van der Waals surface area contributed by atoms with Crippen LogP contribution >= 0.6 is 0 Å². The molecule has 0 aromatic rings. The SMILES string of the molecule is CN1CCC(NC(=O)C2(CN)CCCCC2)CC1. The van der Waals surface area contributed by atoms with Crippen LogP contribution in [-0.2, 0) is 4.79 Å². The Morgan fingerprint density at radius 2 is 1.89 bits per heavy atom. The molecule has 1 heterocycles. The molecule has 1 saturated heterocycles. The van der Waals surface area contributed by atoms with Gasteiger partial charge in [-0.05, 0) is 45.8 Å². The molecule has 0 radical (unpaired) electrons. The van der Waals surface area contributed by atoms with Crippen LogP contribution in [0.15, 0.2) is 0 Å². The molecule has 1 aliphatic heterocycles. The number of hydrogen-bond acceptors (Lipinski definition) is 3. The van der Waals surface area contributed by atoms with Gasteiger partial charge >= 0.3 is 0 Å². The summed E-state index contributed by atoms with van der Waals surface area (Å²) in [6.07, 6.45) is 7.65. The number of rotatable bonds is 3. The van der Waals surface area contributed by atoms with E-state index in [4.69, 9.17) is 5.73 Å². The van der Waals surface area contributed by atoms with E-state index in [1.54, 1.807) is 0 Å². The van der Waals surface area contributed by atoms with Crippen LogP contribution in [0.25, 0.3) is 0 Å². The highest BCUT2D eigenvalue weighted by Gasteiger charge is 2.39. The molecule has 1 aliphatic carbocycles. The maximum Gasteiger partial charge on any atom is 0.227 e. The third-order valence-corrected chi connectivity index (χ3v) is 4.74. The Morgan fingerprint density at radius 1 is 1.28 bits per heavy atom. The summed E-state index contributed by atoms with van der Waals surface area (Å²) in [5, 5.41) is 3.26. The molecule has 4 nitrogen and oxygen atoms in total. The quantitative estimate of drug-likeness (QED) is 0.792. The van der Waals surface area contributed by atoms with Gasteiger partial charge in [0.1, 0.15) is 0 Å². The largest absolute Gasteiger partial charge is 0.353 e. The number of nitrogens with zero attached hydrogens (tertiary/aromatic N) is 1. The highest BCUT2D eigenvalue weighted by molar-refractivity contribution is 5.83. The van der Waals surface area contributed by atoms with Gasteiger partial charge in [-0.3, -0.25) is 4.79 Å². The van der Waals surface area contributed by atoms with Crippen LogP contribution in [0.2, 0.25) is 0 Å². The third-order valence-electron chi connectivity index (χ3n) is 4.74. The Bertz CT molecular complexity index is 279. The average molecular weight is 253 g/mol. The maximum absolute atomic E-state index is 12.5. The van der Waals surface area contributed by atoms with Crippen molar-refractivity contribution in [1.29, 1.82) is 0 Å². The summed E-state index contributed by atoms with van der Waals surface area (Å²) in [6, 6.07) is 0.360. The smallest absolute Gasteiger partial charge is 0.227 e. The van der Waals surface area contributed by atoms with Gasteiger partial charge in [-0.15, -0.1) is 0 Å². The topological polar surface area (TPSA) is 58.4 Å². The maximum atomic E-state index is 12.5. The number of carbonyl (C=O) groups is 1. The van der Waals surface area contributed by atoms with E-state index >= 15 is 0 Å². The Balaban J connectivity index is 1.89. The first-order valence-electron chi connectivity index (χ1n) is 7.36. The van der Waals surface area contributed by atoms with Gasteiger partial charge in [-0.25, -0.2) is 0 Å². The van der Waals surface area contributed by atoms with E-state index in [9.17, 15) is 4.79 Å². The molecule has 4 heteroatoms. The highest BCUT2D eigenvalue weighted by atomic mass is 16.2. The summed E-state index contributed by atoms with van der Waals surface area (Å²) in [5.74, 6) is 0.222. The number of likely N-dealkylation sites (tertiary alicyclic amines) is 1. The molecule has 104 valence electrons. The van der Waals surface area contributed by atoms with E-state index in [2.05, 4.69) is 17.3 Å². The molecule has 0 aromatic heterocycles. The fourth-order valence-corrected chi connectivity index (χ4v) is 3.24. The summed E-state index contributed by atoms with van der Waals surface area (Å²) in [4.78, 5) is 14.8. The van der Waals surface area contributed by atoms with Crippen LogP contribution in [0.5, 0.6) is 0 Å². The summed E-state index contributed by atoms with van der Waals surface area (Å²) in [6.45, 7) is 2.67. The van der Waals surface area contributed by atoms with E-state index in [1.165, 1.54) is 6.42 Å². The van der Waals surface area contributed by atoms with Gasteiger partial charge < -0.3 is 16.0 Å². The normalized spacial score (nSPS) is 25.9.